The average molecular weight is 294 g/mol. The van der Waals surface area contributed by atoms with Crippen molar-refractivity contribution in [2.24, 2.45) is 16.6 Å². The van der Waals surface area contributed by atoms with Gasteiger partial charge in [0.15, 0.2) is 5.96 Å². The standard InChI is InChI=1S/C16H30N4O/c1-13-8-10-20(11-9-13)16(17)18-12-15(21)19(2)14-6-4-3-5-7-14/h13-14H,3-12H2,1-2H3,(H2,17,18). The molecule has 0 spiro atoms. The maximum absolute atomic E-state index is 12.2. The Hall–Kier alpha value is -1.26. The van der Waals surface area contributed by atoms with Crippen molar-refractivity contribution >= 4 is 11.9 Å². The summed E-state index contributed by atoms with van der Waals surface area (Å²) in [6.07, 6.45) is 8.35. The summed E-state index contributed by atoms with van der Waals surface area (Å²) >= 11 is 0. The van der Waals surface area contributed by atoms with Gasteiger partial charge in [-0.1, -0.05) is 26.2 Å². The summed E-state index contributed by atoms with van der Waals surface area (Å²) in [7, 11) is 1.91. The fourth-order valence-electron chi connectivity index (χ4n) is 3.27. The number of carbonyl (C=O) groups is 1. The highest BCUT2D eigenvalue weighted by Crippen LogP contribution is 2.21. The van der Waals surface area contributed by atoms with Crippen molar-refractivity contribution in [3.63, 3.8) is 0 Å². The monoisotopic (exact) mass is 294 g/mol. The van der Waals surface area contributed by atoms with Crippen molar-refractivity contribution in [2.45, 2.75) is 57.9 Å². The number of guanidine groups is 1. The number of carbonyl (C=O) groups excluding carboxylic acids is 1. The predicted octanol–water partition coefficient (Wildman–Crippen LogP) is 1.82. The second-order valence-corrected chi connectivity index (χ2v) is 6.64. The van der Waals surface area contributed by atoms with Crippen LogP contribution in [0.5, 0.6) is 0 Å². The van der Waals surface area contributed by atoms with Gasteiger partial charge in [-0.25, -0.2) is 4.99 Å². The molecule has 1 amide bonds. The number of rotatable bonds is 3. The largest absolute Gasteiger partial charge is 0.370 e. The van der Waals surface area contributed by atoms with Crippen molar-refractivity contribution in [2.75, 3.05) is 26.7 Å². The van der Waals surface area contributed by atoms with Crippen LogP contribution in [0, 0.1) is 5.92 Å². The van der Waals surface area contributed by atoms with Crippen molar-refractivity contribution in [1.82, 2.24) is 9.80 Å². The molecule has 0 aromatic heterocycles. The van der Waals surface area contributed by atoms with Crippen LogP contribution in [0.25, 0.3) is 0 Å². The number of nitrogens with zero attached hydrogens (tertiary/aromatic N) is 3. The van der Waals surface area contributed by atoms with Gasteiger partial charge in [-0.05, 0) is 31.6 Å². The number of hydrogen-bond acceptors (Lipinski definition) is 2. The minimum Gasteiger partial charge on any atom is -0.370 e. The molecule has 0 radical (unpaired) electrons. The maximum atomic E-state index is 12.2. The number of nitrogens with two attached hydrogens (primary N) is 1. The third-order valence-electron chi connectivity index (χ3n) is 5.00. The SMILES string of the molecule is CC1CCN(C(N)=NCC(=O)N(C)C2CCCCC2)CC1. The van der Waals surface area contributed by atoms with E-state index in [1.54, 1.807) is 0 Å². The van der Waals surface area contributed by atoms with E-state index in [0.717, 1.165) is 44.7 Å². The molecule has 0 unspecified atom stereocenters. The second-order valence-electron chi connectivity index (χ2n) is 6.64. The summed E-state index contributed by atoms with van der Waals surface area (Å²) in [5.74, 6) is 1.40. The highest BCUT2D eigenvalue weighted by Gasteiger charge is 2.22. The Bertz CT molecular complexity index is 368. The van der Waals surface area contributed by atoms with Crippen LogP contribution >= 0.6 is 0 Å². The van der Waals surface area contributed by atoms with Gasteiger partial charge in [0.1, 0.15) is 6.54 Å². The van der Waals surface area contributed by atoms with Crippen LogP contribution in [-0.4, -0.2) is 54.4 Å². The Morgan fingerprint density at radius 3 is 2.43 bits per heavy atom. The molecule has 0 aromatic rings. The molecule has 1 aliphatic heterocycles. The molecule has 0 atom stereocenters. The summed E-state index contributed by atoms with van der Waals surface area (Å²) in [6, 6.07) is 0.401. The number of likely N-dealkylation sites (tertiary alicyclic amines) is 1. The molecule has 2 rings (SSSR count). The zero-order valence-electron chi connectivity index (χ0n) is 13.6. The van der Waals surface area contributed by atoms with E-state index in [9.17, 15) is 4.79 Å². The molecule has 0 aromatic carbocycles. The molecule has 5 nitrogen and oxygen atoms in total. The molecule has 120 valence electrons. The lowest BCUT2D eigenvalue weighted by Gasteiger charge is -2.32. The Morgan fingerprint density at radius 1 is 1.19 bits per heavy atom. The number of amides is 1. The van der Waals surface area contributed by atoms with Crippen molar-refractivity contribution in [1.29, 1.82) is 0 Å². The lowest BCUT2D eigenvalue weighted by atomic mass is 9.94. The molecule has 1 heterocycles. The molecular formula is C16H30N4O. The normalized spacial score (nSPS) is 22.4. The van der Waals surface area contributed by atoms with Gasteiger partial charge in [-0.2, -0.15) is 0 Å². The van der Waals surface area contributed by atoms with Crippen LogP contribution in [-0.2, 0) is 4.79 Å². The Kier molecular flexibility index (Phi) is 5.88. The van der Waals surface area contributed by atoms with E-state index < -0.39 is 0 Å². The first kappa shape index (κ1) is 16.1. The number of hydrogen-bond donors (Lipinski definition) is 1. The van der Waals surface area contributed by atoms with E-state index in [4.69, 9.17) is 5.73 Å². The third-order valence-corrected chi connectivity index (χ3v) is 5.00. The smallest absolute Gasteiger partial charge is 0.244 e. The van der Waals surface area contributed by atoms with E-state index in [2.05, 4.69) is 16.8 Å². The van der Waals surface area contributed by atoms with E-state index >= 15 is 0 Å². The Labute approximate surface area is 128 Å². The molecule has 1 aliphatic carbocycles. The van der Waals surface area contributed by atoms with Crippen LogP contribution in [0.3, 0.4) is 0 Å². The maximum Gasteiger partial charge on any atom is 0.244 e. The molecule has 2 aliphatic rings. The summed E-state index contributed by atoms with van der Waals surface area (Å²) in [4.78, 5) is 20.5. The van der Waals surface area contributed by atoms with Gasteiger partial charge in [0.2, 0.25) is 5.91 Å². The zero-order chi connectivity index (χ0) is 15.2. The van der Waals surface area contributed by atoms with E-state index in [1.807, 2.05) is 11.9 Å². The first-order chi connectivity index (χ1) is 10.1. The molecule has 2 N–H and O–H groups in total. The minimum absolute atomic E-state index is 0.0928. The predicted molar refractivity (Wildman–Crippen MR) is 86.1 cm³/mol. The minimum atomic E-state index is 0.0928. The molecular weight excluding hydrogens is 264 g/mol. The first-order valence-electron chi connectivity index (χ1n) is 8.38. The third kappa shape index (κ3) is 4.61. The van der Waals surface area contributed by atoms with Crippen molar-refractivity contribution in [3.8, 4) is 0 Å². The number of piperidine rings is 1. The molecule has 21 heavy (non-hydrogen) atoms. The first-order valence-corrected chi connectivity index (χ1v) is 8.38. The number of aliphatic imine (C=N–C) groups is 1. The highest BCUT2D eigenvalue weighted by molar-refractivity contribution is 5.84. The lowest BCUT2D eigenvalue weighted by molar-refractivity contribution is -0.130. The summed E-state index contributed by atoms with van der Waals surface area (Å²) in [5.41, 5.74) is 6.03. The van der Waals surface area contributed by atoms with Gasteiger partial charge < -0.3 is 15.5 Å². The molecule has 1 saturated heterocycles. The van der Waals surface area contributed by atoms with Gasteiger partial charge in [-0.3, -0.25) is 4.79 Å². The van der Waals surface area contributed by atoms with E-state index in [0.29, 0.717) is 12.0 Å². The molecule has 5 heteroatoms. The van der Waals surface area contributed by atoms with E-state index in [1.165, 1.54) is 19.3 Å². The second kappa shape index (κ2) is 7.66. The number of likely N-dealkylation sites (N-methyl/N-ethyl adjacent to an activating group) is 1. The summed E-state index contributed by atoms with van der Waals surface area (Å²) < 4.78 is 0. The summed E-state index contributed by atoms with van der Waals surface area (Å²) in [6.45, 7) is 4.38. The van der Waals surface area contributed by atoms with Crippen LogP contribution in [0.15, 0.2) is 4.99 Å². The zero-order valence-corrected chi connectivity index (χ0v) is 13.6. The topological polar surface area (TPSA) is 61.9 Å². The van der Waals surface area contributed by atoms with Crippen molar-refractivity contribution < 1.29 is 4.79 Å². The van der Waals surface area contributed by atoms with Crippen LogP contribution in [0.4, 0.5) is 0 Å². The Morgan fingerprint density at radius 2 is 1.81 bits per heavy atom. The van der Waals surface area contributed by atoms with E-state index in [-0.39, 0.29) is 12.5 Å². The fraction of sp³-hybridized carbons (Fsp3) is 0.875. The quantitative estimate of drug-likeness (QED) is 0.638. The van der Waals surface area contributed by atoms with Gasteiger partial charge in [-0.15, -0.1) is 0 Å². The highest BCUT2D eigenvalue weighted by atomic mass is 16.2. The van der Waals surface area contributed by atoms with Crippen LogP contribution in [0.2, 0.25) is 0 Å². The molecule has 0 bridgehead atoms. The van der Waals surface area contributed by atoms with Crippen LogP contribution < -0.4 is 5.73 Å². The molecule has 1 saturated carbocycles. The van der Waals surface area contributed by atoms with Gasteiger partial charge in [0.05, 0.1) is 0 Å². The fourth-order valence-corrected chi connectivity index (χ4v) is 3.27. The van der Waals surface area contributed by atoms with Gasteiger partial charge in [0.25, 0.3) is 0 Å². The van der Waals surface area contributed by atoms with Gasteiger partial charge >= 0.3 is 0 Å². The average Bonchev–Trinajstić information content (AvgIpc) is 2.53. The van der Waals surface area contributed by atoms with Crippen LogP contribution in [0.1, 0.15) is 51.9 Å². The molecule has 2 fully saturated rings. The Balaban J connectivity index is 1.80. The van der Waals surface area contributed by atoms with Crippen molar-refractivity contribution in [3.05, 3.63) is 0 Å². The summed E-state index contributed by atoms with van der Waals surface area (Å²) in [5, 5.41) is 0. The van der Waals surface area contributed by atoms with Gasteiger partial charge in [0, 0.05) is 26.2 Å². The lowest BCUT2D eigenvalue weighted by Crippen LogP contribution is -2.44.